The maximum atomic E-state index is 12.8. The number of carbonyl (C=O) groups is 1. The predicted octanol–water partition coefficient (Wildman–Crippen LogP) is 4.19. The maximum absolute atomic E-state index is 12.8. The van der Waals surface area contributed by atoms with Gasteiger partial charge >= 0.3 is 6.18 Å². The highest BCUT2D eigenvalue weighted by atomic mass is 19.4. The van der Waals surface area contributed by atoms with Crippen molar-refractivity contribution in [3.05, 3.63) is 65.2 Å². The summed E-state index contributed by atoms with van der Waals surface area (Å²) in [5.41, 5.74) is -0.0343. The van der Waals surface area contributed by atoms with Crippen molar-refractivity contribution >= 4 is 5.91 Å². The number of nitrogens with one attached hydrogen (secondary N) is 1. The zero-order valence-electron chi connectivity index (χ0n) is 14.6. The van der Waals surface area contributed by atoms with E-state index in [9.17, 15) is 18.0 Å². The van der Waals surface area contributed by atoms with Gasteiger partial charge in [-0.15, -0.1) is 0 Å². The lowest BCUT2D eigenvalue weighted by Crippen LogP contribution is -2.24. The average molecular weight is 379 g/mol. The van der Waals surface area contributed by atoms with Crippen molar-refractivity contribution in [1.82, 2.24) is 5.32 Å². The summed E-state index contributed by atoms with van der Waals surface area (Å²) in [6.45, 7) is 1.06. The van der Waals surface area contributed by atoms with Crippen LogP contribution in [0, 0.1) is 0 Å². The molecule has 1 fully saturated rings. The molecule has 1 atom stereocenters. The third-order valence-corrected chi connectivity index (χ3v) is 4.29. The third-order valence-electron chi connectivity index (χ3n) is 4.29. The highest BCUT2D eigenvalue weighted by molar-refractivity contribution is 5.96. The van der Waals surface area contributed by atoms with Gasteiger partial charge in [0, 0.05) is 13.2 Å². The molecule has 0 bridgehead atoms. The van der Waals surface area contributed by atoms with E-state index in [-0.39, 0.29) is 12.6 Å². The van der Waals surface area contributed by atoms with E-state index in [2.05, 4.69) is 5.32 Å². The van der Waals surface area contributed by atoms with Crippen molar-refractivity contribution < 1.29 is 27.4 Å². The molecule has 2 aromatic rings. The number of halogens is 3. The van der Waals surface area contributed by atoms with Crippen LogP contribution in [-0.4, -0.2) is 25.2 Å². The molecule has 7 heteroatoms. The standard InChI is InChI=1S/C20H20F3NO3/c21-20(22,23)15-6-3-5-14(11-15)12-24-19(25)17-8-1-2-9-18(17)27-13-16-7-4-10-26-16/h1-3,5-6,8-9,11,16H,4,7,10,12-13H2,(H,24,25)/t16-/m0/s1. The van der Waals surface area contributed by atoms with Crippen molar-refractivity contribution in [2.75, 3.05) is 13.2 Å². The zero-order valence-corrected chi connectivity index (χ0v) is 14.6. The third kappa shape index (κ3) is 5.23. The lowest BCUT2D eigenvalue weighted by atomic mass is 10.1. The van der Waals surface area contributed by atoms with Crippen LogP contribution in [0.5, 0.6) is 5.75 Å². The molecule has 1 heterocycles. The highest BCUT2D eigenvalue weighted by Gasteiger charge is 2.30. The molecule has 1 aliphatic rings. The van der Waals surface area contributed by atoms with Gasteiger partial charge in [-0.3, -0.25) is 4.79 Å². The van der Waals surface area contributed by atoms with E-state index >= 15 is 0 Å². The van der Waals surface area contributed by atoms with Crippen LogP contribution < -0.4 is 10.1 Å². The minimum atomic E-state index is -4.41. The molecule has 0 aliphatic carbocycles. The summed E-state index contributed by atoms with van der Waals surface area (Å²) in [4.78, 5) is 12.5. The summed E-state index contributed by atoms with van der Waals surface area (Å²) in [6, 6.07) is 11.7. The number of benzene rings is 2. The second-order valence-corrected chi connectivity index (χ2v) is 6.32. The monoisotopic (exact) mass is 379 g/mol. The second-order valence-electron chi connectivity index (χ2n) is 6.32. The highest BCUT2D eigenvalue weighted by Crippen LogP contribution is 2.29. The molecule has 0 aromatic heterocycles. The predicted molar refractivity (Wildman–Crippen MR) is 93.5 cm³/mol. The smallest absolute Gasteiger partial charge is 0.416 e. The van der Waals surface area contributed by atoms with E-state index in [1.165, 1.54) is 12.1 Å². The minimum absolute atomic E-state index is 0.0111. The van der Waals surface area contributed by atoms with Crippen molar-refractivity contribution in [2.24, 2.45) is 0 Å². The van der Waals surface area contributed by atoms with E-state index in [0.717, 1.165) is 25.0 Å². The van der Waals surface area contributed by atoms with Crippen LogP contribution >= 0.6 is 0 Å². The van der Waals surface area contributed by atoms with Crippen LogP contribution in [0.25, 0.3) is 0 Å². The van der Waals surface area contributed by atoms with Gasteiger partial charge < -0.3 is 14.8 Å². The molecule has 1 amide bonds. The molecule has 1 saturated heterocycles. The number of para-hydroxylation sites is 1. The summed E-state index contributed by atoms with van der Waals surface area (Å²) in [5, 5.41) is 2.64. The van der Waals surface area contributed by atoms with E-state index in [0.29, 0.717) is 30.1 Å². The Hall–Kier alpha value is -2.54. The molecule has 4 nitrogen and oxygen atoms in total. The van der Waals surface area contributed by atoms with Crippen molar-refractivity contribution in [3.8, 4) is 5.75 Å². The van der Waals surface area contributed by atoms with Gasteiger partial charge in [-0.25, -0.2) is 0 Å². The number of hydrogen-bond acceptors (Lipinski definition) is 3. The normalized spacial score (nSPS) is 16.9. The van der Waals surface area contributed by atoms with Crippen molar-refractivity contribution in [3.63, 3.8) is 0 Å². The Bertz CT molecular complexity index is 786. The van der Waals surface area contributed by atoms with E-state index in [1.807, 2.05) is 0 Å². The van der Waals surface area contributed by atoms with Crippen molar-refractivity contribution in [2.45, 2.75) is 31.7 Å². The van der Waals surface area contributed by atoms with Crippen LogP contribution in [0.15, 0.2) is 48.5 Å². The Labute approximate surface area is 155 Å². The van der Waals surface area contributed by atoms with E-state index in [1.54, 1.807) is 24.3 Å². The Balaban J connectivity index is 1.62. The molecule has 3 rings (SSSR count). The molecule has 2 aromatic carbocycles. The van der Waals surface area contributed by atoms with Gasteiger partial charge in [-0.2, -0.15) is 13.2 Å². The maximum Gasteiger partial charge on any atom is 0.416 e. The second kappa shape index (κ2) is 8.43. The first-order chi connectivity index (χ1) is 12.9. The van der Waals surface area contributed by atoms with Gasteiger partial charge in [0.2, 0.25) is 0 Å². The molecule has 0 unspecified atom stereocenters. The fourth-order valence-electron chi connectivity index (χ4n) is 2.87. The fraction of sp³-hybridized carbons (Fsp3) is 0.350. The fourth-order valence-corrected chi connectivity index (χ4v) is 2.87. The topological polar surface area (TPSA) is 47.6 Å². The number of hydrogen-bond donors (Lipinski definition) is 1. The quantitative estimate of drug-likeness (QED) is 0.819. The van der Waals surface area contributed by atoms with Crippen LogP contribution in [0.4, 0.5) is 13.2 Å². The van der Waals surface area contributed by atoms with Gasteiger partial charge in [-0.1, -0.05) is 24.3 Å². The Morgan fingerprint density at radius 2 is 2.00 bits per heavy atom. The summed E-state index contributed by atoms with van der Waals surface area (Å²) in [7, 11) is 0. The Morgan fingerprint density at radius 1 is 1.19 bits per heavy atom. The van der Waals surface area contributed by atoms with Crippen LogP contribution in [-0.2, 0) is 17.5 Å². The molecule has 144 valence electrons. The van der Waals surface area contributed by atoms with Crippen LogP contribution in [0.3, 0.4) is 0 Å². The molecular weight excluding hydrogens is 359 g/mol. The minimum Gasteiger partial charge on any atom is -0.490 e. The molecular formula is C20H20F3NO3. The number of carbonyl (C=O) groups excluding carboxylic acids is 1. The van der Waals surface area contributed by atoms with Crippen molar-refractivity contribution in [1.29, 1.82) is 0 Å². The summed E-state index contributed by atoms with van der Waals surface area (Å²) in [5.74, 6) is 0.0184. The molecule has 1 N–H and O–H groups in total. The number of amides is 1. The van der Waals surface area contributed by atoms with E-state index in [4.69, 9.17) is 9.47 Å². The van der Waals surface area contributed by atoms with Crippen LogP contribution in [0.2, 0.25) is 0 Å². The lowest BCUT2D eigenvalue weighted by molar-refractivity contribution is -0.137. The first kappa shape index (κ1) is 19.2. The molecule has 1 aliphatic heterocycles. The van der Waals surface area contributed by atoms with Gasteiger partial charge in [0.25, 0.3) is 5.91 Å². The number of rotatable bonds is 6. The average Bonchev–Trinajstić information content (AvgIpc) is 3.18. The summed E-state index contributed by atoms with van der Waals surface area (Å²) in [6.07, 6.45) is -2.48. The largest absolute Gasteiger partial charge is 0.490 e. The Morgan fingerprint density at radius 3 is 2.74 bits per heavy atom. The molecule has 27 heavy (non-hydrogen) atoms. The van der Waals surface area contributed by atoms with Gasteiger partial charge in [0.05, 0.1) is 17.2 Å². The zero-order chi connectivity index (χ0) is 19.3. The van der Waals surface area contributed by atoms with Gasteiger partial charge in [0.1, 0.15) is 12.4 Å². The Kier molecular flexibility index (Phi) is 6.01. The summed E-state index contributed by atoms with van der Waals surface area (Å²) >= 11 is 0. The molecule has 0 spiro atoms. The van der Waals surface area contributed by atoms with Crippen LogP contribution in [0.1, 0.15) is 34.3 Å². The van der Waals surface area contributed by atoms with E-state index < -0.39 is 17.6 Å². The number of ether oxygens (including phenoxy) is 2. The lowest BCUT2D eigenvalue weighted by Gasteiger charge is -2.15. The first-order valence-electron chi connectivity index (χ1n) is 8.71. The first-order valence-corrected chi connectivity index (χ1v) is 8.71. The van der Waals surface area contributed by atoms with Gasteiger partial charge in [0.15, 0.2) is 0 Å². The summed E-state index contributed by atoms with van der Waals surface area (Å²) < 4.78 is 49.6. The van der Waals surface area contributed by atoms with Gasteiger partial charge in [-0.05, 0) is 42.7 Å². The molecule has 0 radical (unpaired) electrons. The molecule has 0 saturated carbocycles. The SMILES string of the molecule is O=C(NCc1cccc(C(F)(F)F)c1)c1ccccc1OC[C@@H]1CCCO1. The number of alkyl halides is 3.